The molecule has 0 saturated carbocycles. The van der Waals surface area contributed by atoms with Crippen molar-refractivity contribution >= 4 is 69.1 Å². The molecule has 3 heterocycles. The summed E-state index contributed by atoms with van der Waals surface area (Å²) in [5.41, 5.74) is 4.29. The number of hydrogen-bond donors (Lipinski definition) is 10. The van der Waals surface area contributed by atoms with Crippen LogP contribution in [0.3, 0.4) is 0 Å². The number of phosphoric acid groups is 3. The molecule has 2 aromatic rings. The van der Waals surface area contributed by atoms with E-state index in [4.69, 9.17) is 19.5 Å². The first-order valence-electron chi connectivity index (χ1n) is 20.6. The Morgan fingerprint density at radius 2 is 1.52 bits per heavy atom. The van der Waals surface area contributed by atoms with Crippen molar-refractivity contribution in [3.63, 3.8) is 0 Å². The van der Waals surface area contributed by atoms with Gasteiger partial charge in [0.2, 0.25) is 11.8 Å². The molecule has 0 aromatic carbocycles. The first-order valence-corrected chi connectivity index (χ1v) is 26.1. The van der Waals surface area contributed by atoms with Crippen LogP contribution < -0.4 is 22.5 Å². The van der Waals surface area contributed by atoms with Crippen molar-refractivity contribution in [2.45, 2.75) is 135 Å². The van der Waals surface area contributed by atoms with Crippen molar-refractivity contribution in [2.75, 3.05) is 37.8 Å². The van der Waals surface area contributed by atoms with Crippen LogP contribution in [0.15, 0.2) is 12.7 Å². The maximum absolute atomic E-state index is 12.7. The number of nitrogens with one attached hydrogen (secondary N) is 2. The Kier molecular flexibility index (Phi) is 24.6. The second-order valence-corrected chi connectivity index (χ2v) is 21.0. The number of ether oxygens (including phenoxy) is 1. The van der Waals surface area contributed by atoms with E-state index in [0.29, 0.717) is 12.2 Å². The molecule has 1 saturated heterocycles. The molecule has 1 aliphatic heterocycles. The third kappa shape index (κ3) is 20.2. The Bertz CT molecular complexity index is 1930. The number of nitrogens with zero attached hydrogens (tertiary/aromatic N) is 4. The number of thioether (sulfide) groups is 1. The van der Waals surface area contributed by atoms with Gasteiger partial charge in [0.15, 0.2) is 22.8 Å². The number of rotatable bonds is 31. The van der Waals surface area contributed by atoms with Gasteiger partial charge in [0.05, 0.1) is 19.5 Å². The number of hydrogen-bond acceptors (Lipinski definition) is 19. The Morgan fingerprint density at radius 3 is 2.14 bits per heavy atom. The highest BCUT2D eigenvalue weighted by Gasteiger charge is 2.50. The summed E-state index contributed by atoms with van der Waals surface area (Å²) in [5, 5.41) is 26.6. The molecule has 368 valence electrons. The topological polar surface area (TPSA) is 399 Å². The molecule has 7 atom stereocenters. The fourth-order valence-electron chi connectivity index (χ4n) is 6.30. The van der Waals surface area contributed by atoms with Crippen molar-refractivity contribution in [2.24, 2.45) is 5.41 Å². The van der Waals surface area contributed by atoms with Crippen LogP contribution in [0, 0.1) is 5.41 Å². The lowest BCUT2D eigenvalue weighted by atomic mass is 9.87. The number of aliphatic hydroxyl groups is 2. The second kappa shape index (κ2) is 27.4. The summed E-state index contributed by atoms with van der Waals surface area (Å²) in [5.74, 6) is -1.02. The van der Waals surface area contributed by atoms with Gasteiger partial charge in [0.1, 0.15) is 36.3 Å². The molecule has 29 heteroatoms. The smallest absolute Gasteiger partial charge is 0.386 e. The molecule has 13 N–H and O–H groups in total. The van der Waals surface area contributed by atoms with E-state index in [2.05, 4.69) is 41.3 Å². The number of aromatic nitrogens is 4. The highest BCUT2D eigenvalue weighted by atomic mass is 32.2. The number of nitrogen functional groups attached to an aromatic ring is 1. The van der Waals surface area contributed by atoms with Crippen molar-refractivity contribution < 1.29 is 80.5 Å². The molecule has 0 aliphatic carbocycles. The Labute approximate surface area is 375 Å². The number of amides is 2. The van der Waals surface area contributed by atoms with Gasteiger partial charge in [-0.25, -0.2) is 28.6 Å². The van der Waals surface area contributed by atoms with Gasteiger partial charge >= 0.3 is 23.5 Å². The first-order chi connectivity index (χ1) is 29.6. The number of imidazole rings is 1. The van der Waals surface area contributed by atoms with Gasteiger partial charge in [0.25, 0.3) is 0 Å². The van der Waals surface area contributed by atoms with E-state index >= 15 is 0 Å². The van der Waals surface area contributed by atoms with Gasteiger partial charge in [-0.05, 0) is 6.42 Å². The predicted molar refractivity (Wildman–Crippen MR) is 233 cm³/mol. The molecule has 0 radical (unpaired) electrons. The number of anilines is 1. The molecule has 25 nitrogen and oxygen atoms in total. The summed E-state index contributed by atoms with van der Waals surface area (Å²) >= 11 is 1.15. The molecular formula is C35H65N8O17P3S. The third-order valence-electron chi connectivity index (χ3n) is 9.75. The van der Waals surface area contributed by atoms with Crippen LogP contribution in [0.5, 0.6) is 0 Å². The SMILES string of the molecule is CCCCCCCCCCCCCC(=O)SCCNC(=O)CCNC(=O)[C@H](O)C(C)(C)COP(=O)(O)OP(=O)(O)OC[C@H]1O[C@@H](n2cnc3c(N)ncnc32)[C@H](O)[C@@H]1OP(=O)(O)O.N. The van der Waals surface area contributed by atoms with Gasteiger partial charge in [-0.2, -0.15) is 4.31 Å². The highest BCUT2D eigenvalue weighted by molar-refractivity contribution is 8.13. The predicted octanol–water partition coefficient (Wildman–Crippen LogP) is 3.53. The summed E-state index contributed by atoms with van der Waals surface area (Å²) < 4.78 is 62.3. The first kappa shape index (κ1) is 57.6. The van der Waals surface area contributed by atoms with Crippen LogP contribution in [0.1, 0.15) is 110 Å². The van der Waals surface area contributed by atoms with Gasteiger partial charge < -0.3 is 57.0 Å². The molecule has 0 bridgehead atoms. The van der Waals surface area contributed by atoms with Gasteiger partial charge in [-0.15, -0.1) is 0 Å². The van der Waals surface area contributed by atoms with Crippen molar-refractivity contribution in [3.8, 4) is 0 Å². The number of fused-ring (bicyclic) bond motifs is 1. The zero-order chi connectivity index (χ0) is 46.8. The summed E-state index contributed by atoms with van der Waals surface area (Å²) in [6.45, 7) is 2.79. The third-order valence-corrected chi connectivity index (χ3v) is 13.8. The minimum absolute atomic E-state index is 0. The Morgan fingerprint density at radius 1 is 0.906 bits per heavy atom. The van der Waals surface area contributed by atoms with Gasteiger partial charge in [0, 0.05) is 37.1 Å². The van der Waals surface area contributed by atoms with E-state index < -0.39 is 84.6 Å². The lowest BCUT2D eigenvalue weighted by Gasteiger charge is -2.30. The second-order valence-electron chi connectivity index (χ2n) is 15.6. The number of nitrogens with two attached hydrogens (primary N) is 1. The molecule has 2 unspecified atom stereocenters. The van der Waals surface area contributed by atoms with Gasteiger partial charge in [-0.1, -0.05) is 96.7 Å². The highest BCUT2D eigenvalue weighted by Crippen LogP contribution is 2.61. The zero-order valence-corrected chi connectivity index (χ0v) is 39.8. The van der Waals surface area contributed by atoms with E-state index in [0.717, 1.165) is 48.2 Å². The maximum atomic E-state index is 12.7. The lowest BCUT2D eigenvalue weighted by Crippen LogP contribution is -2.46. The summed E-state index contributed by atoms with van der Waals surface area (Å²) in [4.78, 5) is 88.2. The number of carbonyl (C=O) groups is 3. The summed E-state index contributed by atoms with van der Waals surface area (Å²) in [6, 6.07) is 0. The van der Waals surface area contributed by atoms with Crippen LogP contribution in [0.25, 0.3) is 11.2 Å². The van der Waals surface area contributed by atoms with Crippen molar-refractivity contribution in [1.82, 2.24) is 36.3 Å². The van der Waals surface area contributed by atoms with Crippen LogP contribution in [0.4, 0.5) is 5.82 Å². The number of unbranched alkanes of at least 4 members (excludes halogenated alkanes) is 10. The quantitative estimate of drug-likeness (QED) is 0.0381. The van der Waals surface area contributed by atoms with Crippen LogP contribution in [-0.2, 0) is 50.7 Å². The molecule has 1 aliphatic rings. The number of phosphoric ester groups is 3. The standard InChI is InChI=1S/C35H62N7O17P3S.H3N/c1-4-5-6-7-8-9-10-11-12-13-14-15-26(44)63-19-18-37-25(43)16-17-38-33(47)30(46)35(2,3)21-56-62(53,54)59-61(51,52)55-20-24-29(58-60(48,49)50)28(45)34(57-24)42-23-41-27-31(36)39-22-40-32(27)42;/h22-24,28-30,34,45-46H,4-21H2,1-3H3,(H,37,43)(H,38,47)(H,51,52)(H,53,54)(H2,36,39,40)(H2,48,49,50);1H3/t24-,28-,29-,30+,34-;/m1./s1. The van der Waals surface area contributed by atoms with Crippen LogP contribution in [-0.4, -0.2) is 123 Å². The maximum Gasteiger partial charge on any atom is 0.481 e. The molecule has 3 rings (SSSR count). The number of aliphatic hydroxyl groups excluding tert-OH is 2. The van der Waals surface area contributed by atoms with E-state index in [1.807, 2.05) is 0 Å². The van der Waals surface area contributed by atoms with E-state index in [-0.39, 0.29) is 47.8 Å². The zero-order valence-electron chi connectivity index (χ0n) is 36.3. The average Bonchev–Trinajstić information content (AvgIpc) is 3.76. The van der Waals surface area contributed by atoms with E-state index in [1.54, 1.807) is 0 Å². The van der Waals surface area contributed by atoms with Crippen LogP contribution in [0.2, 0.25) is 0 Å². The molecule has 2 amide bonds. The van der Waals surface area contributed by atoms with Crippen molar-refractivity contribution in [1.29, 1.82) is 0 Å². The minimum Gasteiger partial charge on any atom is -0.386 e. The minimum atomic E-state index is -5.57. The normalized spacial score (nSPS) is 20.3. The molecule has 0 spiro atoms. The molecule has 1 fully saturated rings. The fourth-order valence-corrected chi connectivity index (χ4v) is 9.85. The molecule has 64 heavy (non-hydrogen) atoms. The summed E-state index contributed by atoms with van der Waals surface area (Å²) in [6.07, 6.45) is 6.75. The molecular weight excluding hydrogens is 929 g/mol. The lowest BCUT2D eigenvalue weighted by molar-refractivity contribution is -0.137. The molecule has 2 aromatic heterocycles. The van der Waals surface area contributed by atoms with Crippen molar-refractivity contribution in [3.05, 3.63) is 12.7 Å². The Hall–Kier alpha value is -2.48. The largest absolute Gasteiger partial charge is 0.481 e. The van der Waals surface area contributed by atoms with Crippen LogP contribution >= 0.6 is 35.2 Å². The van der Waals surface area contributed by atoms with E-state index in [9.17, 15) is 57.9 Å². The monoisotopic (exact) mass is 994 g/mol. The Balaban J connectivity index is 0.0000141. The average molecular weight is 995 g/mol. The van der Waals surface area contributed by atoms with Gasteiger partial charge in [-0.3, -0.25) is 32.5 Å². The summed E-state index contributed by atoms with van der Waals surface area (Å²) in [7, 11) is -16.4. The fraction of sp³-hybridized carbons (Fsp3) is 0.771. The van der Waals surface area contributed by atoms with E-state index in [1.165, 1.54) is 65.2 Å². The number of carbonyl (C=O) groups excluding carboxylic acids is 3.